The Morgan fingerprint density at radius 2 is 1.88 bits per heavy atom. The van der Waals surface area contributed by atoms with Crippen LogP contribution in [0.25, 0.3) is 0 Å². The fourth-order valence-corrected chi connectivity index (χ4v) is 2.72. The summed E-state index contributed by atoms with van der Waals surface area (Å²) in [7, 11) is 7.50. The van der Waals surface area contributed by atoms with E-state index in [9.17, 15) is 0 Å². The van der Waals surface area contributed by atoms with Gasteiger partial charge in [-0.1, -0.05) is 13.8 Å². The molecule has 142 valence electrons. The van der Waals surface area contributed by atoms with Crippen molar-refractivity contribution in [1.82, 2.24) is 15.5 Å². The van der Waals surface area contributed by atoms with Crippen LogP contribution < -0.4 is 20.1 Å². The van der Waals surface area contributed by atoms with Crippen LogP contribution in [0.15, 0.2) is 23.2 Å². The number of aliphatic imine (C=N–C) groups is 1. The summed E-state index contributed by atoms with van der Waals surface area (Å²) < 4.78 is 10.7. The van der Waals surface area contributed by atoms with Crippen molar-refractivity contribution in [3.8, 4) is 11.5 Å². The summed E-state index contributed by atoms with van der Waals surface area (Å²) in [6.07, 6.45) is 0. The molecule has 2 N–H and O–H groups in total. The van der Waals surface area contributed by atoms with Gasteiger partial charge in [-0.25, -0.2) is 4.99 Å². The Morgan fingerprint density at radius 3 is 2.44 bits per heavy atom. The first-order chi connectivity index (χ1) is 11.8. The van der Waals surface area contributed by atoms with Crippen molar-refractivity contribution in [1.29, 1.82) is 0 Å². The summed E-state index contributed by atoms with van der Waals surface area (Å²) >= 11 is 0. The van der Waals surface area contributed by atoms with Crippen LogP contribution in [0.2, 0.25) is 0 Å². The van der Waals surface area contributed by atoms with Crippen LogP contribution in [-0.4, -0.2) is 58.8 Å². The quantitative estimate of drug-likeness (QED) is 0.529. The Balaban J connectivity index is 2.79. The molecule has 0 aromatic heterocycles. The van der Waals surface area contributed by atoms with Crippen molar-refractivity contribution >= 4 is 5.96 Å². The Morgan fingerprint density at radius 1 is 1.16 bits per heavy atom. The largest absolute Gasteiger partial charge is 0.497 e. The second kappa shape index (κ2) is 10.1. The van der Waals surface area contributed by atoms with Crippen molar-refractivity contribution in [3.05, 3.63) is 23.8 Å². The first-order valence-corrected chi connectivity index (χ1v) is 8.69. The van der Waals surface area contributed by atoms with E-state index in [0.717, 1.165) is 42.7 Å². The summed E-state index contributed by atoms with van der Waals surface area (Å²) in [5.74, 6) is 2.37. The third kappa shape index (κ3) is 7.65. The number of nitrogens with zero attached hydrogens (tertiary/aromatic N) is 2. The molecule has 0 aliphatic carbocycles. The zero-order valence-electron chi connectivity index (χ0n) is 16.8. The van der Waals surface area contributed by atoms with E-state index >= 15 is 0 Å². The van der Waals surface area contributed by atoms with Gasteiger partial charge in [0, 0.05) is 31.3 Å². The SMILES string of the molecule is CCNC(=NCc1ccc(OC)cc1OC)NCC(C)(C)CN(C)C. The minimum Gasteiger partial charge on any atom is -0.497 e. The smallest absolute Gasteiger partial charge is 0.191 e. The van der Waals surface area contributed by atoms with Crippen LogP contribution in [0.4, 0.5) is 0 Å². The standard InChI is InChI=1S/C19H34N4O2/c1-8-20-18(22-13-19(2,3)14-23(4)5)21-12-15-9-10-16(24-6)11-17(15)25-7/h9-11H,8,12-14H2,1-7H3,(H2,20,21,22). The number of hydrogen-bond donors (Lipinski definition) is 2. The van der Waals surface area contributed by atoms with Gasteiger partial charge < -0.3 is 25.0 Å². The molecule has 0 saturated carbocycles. The number of ether oxygens (including phenoxy) is 2. The van der Waals surface area contributed by atoms with Crippen LogP contribution in [0.1, 0.15) is 26.3 Å². The van der Waals surface area contributed by atoms with Gasteiger partial charge in [0.2, 0.25) is 0 Å². The summed E-state index contributed by atoms with van der Waals surface area (Å²) in [4.78, 5) is 6.89. The van der Waals surface area contributed by atoms with E-state index < -0.39 is 0 Å². The summed E-state index contributed by atoms with van der Waals surface area (Å²) in [5, 5.41) is 6.74. The molecule has 1 aromatic rings. The topological polar surface area (TPSA) is 58.1 Å². The molecular weight excluding hydrogens is 316 g/mol. The lowest BCUT2D eigenvalue weighted by Gasteiger charge is -2.29. The van der Waals surface area contributed by atoms with Crippen LogP contribution in [0.5, 0.6) is 11.5 Å². The number of rotatable bonds is 9. The van der Waals surface area contributed by atoms with E-state index in [1.807, 2.05) is 18.2 Å². The zero-order valence-corrected chi connectivity index (χ0v) is 16.8. The molecule has 0 radical (unpaired) electrons. The van der Waals surface area contributed by atoms with E-state index in [1.165, 1.54) is 0 Å². The average molecular weight is 351 g/mol. The molecule has 0 amide bonds. The number of guanidine groups is 1. The molecule has 1 aromatic carbocycles. The van der Waals surface area contributed by atoms with E-state index in [-0.39, 0.29) is 5.41 Å². The Bertz CT molecular complexity index is 556. The van der Waals surface area contributed by atoms with E-state index in [1.54, 1.807) is 14.2 Å². The maximum Gasteiger partial charge on any atom is 0.191 e. The number of methoxy groups -OCH3 is 2. The highest BCUT2D eigenvalue weighted by Crippen LogP contribution is 2.25. The zero-order chi connectivity index (χ0) is 18.9. The molecule has 0 atom stereocenters. The van der Waals surface area contributed by atoms with Gasteiger partial charge >= 0.3 is 0 Å². The predicted octanol–water partition coefficient (Wildman–Crippen LogP) is 2.35. The highest BCUT2D eigenvalue weighted by molar-refractivity contribution is 5.79. The third-order valence-electron chi connectivity index (χ3n) is 3.72. The Hall–Kier alpha value is -1.95. The van der Waals surface area contributed by atoms with Crippen LogP contribution in [0.3, 0.4) is 0 Å². The summed E-state index contributed by atoms with van der Waals surface area (Å²) in [6.45, 7) is 9.76. The highest BCUT2D eigenvalue weighted by Gasteiger charge is 2.19. The Kier molecular flexibility index (Phi) is 8.55. The first-order valence-electron chi connectivity index (χ1n) is 8.69. The molecular formula is C19H34N4O2. The number of nitrogens with one attached hydrogen (secondary N) is 2. The van der Waals surface area contributed by atoms with Gasteiger partial charge in [-0.15, -0.1) is 0 Å². The monoisotopic (exact) mass is 350 g/mol. The summed E-state index contributed by atoms with van der Waals surface area (Å²) in [6, 6.07) is 5.79. The molecule has 6 heteroatoms. The highest BCUT2D eigenvalue weighted by atomic mass is 16.5. The second-order valence-corrected chi connectivity index (χ2v) is 7.13. The number of hydrogen-bond acceptors (Lipinski definition) is 4. The van der Waals surface area contributed by atoms with Gasteiger partial charge in [0.15, 0.2) is 5.96 Å². The molecule has 0 fully saturated rings. The van der Waals surface area contributed by atoms with Crippen LogP contribution in [-0.2, 0) is 6.54 Å². The fourth-order valence-electron chi connectivity index (χ4n) is 2.72. The third-order valence-corrected chi connectivity index (χ3v) is 3.72. The minimum absolute atomic E-state index is 0.150. The second-order valence-electron chi connectivity index (χ2n) is 7.13. The lowest BCUT2D eigenvalue weighted by Crippen LogP contribution is -2.44. The molecule has 0 bridgehead atoms. The van der Waals surface area contributed by atoms with Crippen molar-refractivity contribution in [3.63, 3.8) is 0 Å². The van der Waals surface area contributed by atoms with E-state index in [4.69, 9.17) is 14.5 Å². The van der Waals surface area contributed by atoms with Crippen molar-refractivity contribution in [2.24, 2.45) is 10.4 Å². The molecule has 1 rings (SSSR count). The fraction of sp³-hybridized carbons (Fsp3) is 0.632. The minimum atomic E-state index is 0.150. The molecule has 0 saturated heterocycles. The van der Waals surface area contributed by atoms with E-state index in [2.05, 4.69) is 50.4 Å². The van der Waals surface area contributed by atoms with Gasteiger partial charge in [-0.05, 0) is 38.6 Å². The lowest BCUT2D eigenvalue weighted by molar-refractivity contribution is 0.241. The maximum absolute atomic E-state index is 5.44. The van der Waals surface area contributed by atoms with Gasteiger partial charge in [0.1, 0.15) is 11.5 Å². The normalized spacial score (nSPS) is 12.2. The van der Waals surface area contributed by atoms with E-state index in [0.29, 0.717) is 6.54 Å². The molecule has 0 aliphatic heterocycles. The van der Waals surface area contributed by atoms with Gasteiger partial charge in [-0.3, -0.25) is 0 Å². The molecule has 25 heavy (non-hydrogen) atoms. The molecule has 0 unspecified atom stereocenters. The maximum atomic E-state index is 5.44. The van der Waals surface area contributed by atoms with Crippen LogP contribution >= 0.6 is 0 Å². The van der Waals surface area contributed by atoms with Gasteiger partial charge in [0.25, 0.3) is 0 Å². The first kappa shape index (κ1) is 21.1. The molecule has 0 heterocycles. The number of benzene rings is 1. The molecule has 0 aliphatic rings. The average Bonchev–Trinajstić information content (AvgIpc) is 2.56. The lowest BCUT2D eigenvalue weighted by atomic mass is 9.93. The van der Waals surface area contributed by atoms with Crippen LogP contribution in [0, 0.1) is 5.41 Å². The molecule has 6 nitrogen and oxygen atoms in total. The van der Waals surface area contributed by atoms with Crippen molar-refractivity contribution in [2.75, 3.05) is 47.9 Å². The van der Waals surface area contributed by atoms with Gasteiger partial charge in [-0.2, -0.15) is 0 Å². The van der Waals surface area contributed by atoms with Crippen molar-refractivity contribution in [2.45, 2.75) is 27.3 Å². The summed E-state index contributed by atoms with van der Waals surface area (Å²) in [5.41, 5.74) is 1.17. The van der Waals surface area contributed by atoms with Gasteiger partial charge in [0.05, 0.1) is 20.8 Å². The van der Waals surface area contributed by atoms with Crippen molar-refractivity contribution < 1.29 is 9.47 Å². The molecule has 0 spiro atoms. The Labute approximate surface area is 152 Å². The predicted molar refractivity (Wildman–Crippen MR) is 105 cm³/mol.